The van der Waals surface area contributed by atoms with Crippen molar-refractivity contribution in [3.8, 4) is 0 Å². The first-order chi connectivity index (χ1) is 12.0. The van der Waals surface area contributed by atoms with Crippen LogP contribution in [-0.2, 0) is 0 Å². The summed E-state index contributed by atoms with van der Waals surface area (Å²) in [6, 6.07) is 8.28. The Hall–Kier alpha value is -1.76. The van der Waals surface area contributed by atoms with Crippen molar-refractivity contribution in [1.82, 2.24) is 15.2 Å². The number of anilines is 1. The van der Waals surface area contributed by atoms with Gasteiger partial charge in [-0.15, -0.1) is 0 Å². The zero-order valence-corrected chi connectivity index (χ0v) is 15.3. The summed E-state index contributed by atoms with van der Waals surface area (Å²) >= 11 is 5.40. The predicted octanol–water partition coefficient (Wildman–Crippen LogP) is 2.29. The molecule has 5 rings (SSSR count). The zero-order valence-electron chi connectivity index (χ0n) is 14.5. The number of fused-ring (bicyclic) bond motifs is 4. The molecule has 132 valence electrons. The van der Waals surface area contributed by atoms with Crippen LogP contribution in [0.5, 0.6) is 0 Å². The maximum absolute atomic E-state index is 10.9. The highest BCUT2D eigenvalue weighted by Gasteiger charge is 2.45. The Labute approximate surface area is 153 Å². The van der Waals surface area contributed by atoms with Gasteiger partial charge in [-0.3, -0.25) is 0 Å². The molecule has 1 unspecified atom stereocenters. The first kappa shape index (κ1) is 16.7. The topological polar surface area (TPSA) is 60.4 Å². The fourth-order valence-electron chi connectivity index (χ4n) is 4.07. The molecule has 3 saturated heterocycles. The molecule has 2 aromatic rings. The van der Waals surface area contributed by atoms with Crippen molar-refractivity contribution in [3.05, 3.63) is 36.0 Å². The van der Waals surface area contributed by atoms with Crippen LogP contribution < -0.4 is 10.6 Å². The average Bonchev–Trinajstić information content (AvgIpc) is 2.60. The van der Waals surface area contributed by atoms with Crippen molar-refractivity contribution >= 4 is 33.9 Å². The summed E-state index contributed by atoms with van der Waals surface area (Å²) < 4.78 is 0. The molecule has 0 radical (unpaired) electrons. The van der Waals surface area contributed by atoms with E-state index in [0.29, 0.717) is 17.6 Å². The smallest absolute Gasteiger partial charge is 0.172 e. The predicted molar refractivity (Wildman–Crippen MR) is 105 cm³/mol. The fraction of sp³-hybridized carbons (Fsp3) is 0.474. The molecule has 3 aliphatic heterocycles. The summed E-state index contributed by atoms with van der Waals surface area (Å²) in [6.45, 7) is 5.51. The highest BCUT2D eigenvalue weighted by atomic mass is 32.1. The number of piperidine rings is 3. The summed E-state index contributed by atoms with van der Waals surface area (Å²) in [4.78, 5) is 6.76. The van der Waals surface area contributed by atoms with E-state index in [1.54, 1.807) is 0 Å². The zero-order chi connectivity index (χ0) is 17.4. The van der Waals surface area contributed by atoms with E-state index in [-0.39, 0.29) is 0 Å². The molecule has 6 heteroatoms. The molecular weight excluding hydrogens is 332 g/mol. The number of benzene rings is 1. The number of hydrogen-bond acceptors (Lipinski definition) is 4. The number of pyridine rings is 1. The molecular formula is C19H24N4OS. The van der Waals surface area contributed by atoms with Gasteiger partial charge in [0.25, 0.3) is 0 Å². The highest BCUT2D eigenvalue weighted by Crippen LogP contribution is 2.35. The van der Waals surface area contributed by atoms with Crippen LogP contribution in [0.1, 0.15) is 18.4 Å². The lowest BCUT2D eigenvalue weighted by molar-refractivity contribution is -0.107. The Morgan fingerprint density at radius 1 is 1.32 bits per heavy atom. The van der Waals surface area contributed by atoms with Gasteiger partial charge in [-0.1, -0.05) is 23.8 Å². The minimum Gasteiger partial charge on any atom is -0.386 e. The van der Waals surface area contributed by atoms with Crippen LogP contribution in [-0.4, -0.2) is 51.9 Å². The van der Waals surface area contributed by atoms with Crippen molar-refractivity contribution in [2.45, 2.75) is 25.4 Å². The Balaban J connectivity index is 1.39. The average molecular weight is 356 g/mol. The first-order valence-electron chi connectivity index (χ1n) is 8.88. The molecule has 0 amide bonds. The summed E-state index contributed by atoms with van der Waals surface area (Å²) in [6.07, 6.45) is 3.99. The van der Waals surface area contributed by atoms with Gasteiger partial charge >= 0.3 is 0 Å². The third-order valence-electron chi connectivity index (χ3n) is 5.52. The Morgan fingerprint density at radius 2 is 2.12 bits per heavy atom. The van der Waals surface area contributed by atoms with Crippen LogP contribution in [0.15, 0.2) is 30.5 Å². The first-order valence-corrected chi connectivity index (χ1v) is 9.29. The Kier molecular flexibility index (Phi) is 4.35. The van der Waals surface area contributed by atoms with Gasteiger partial charge in [0.1, 0.15) is 5.82 Å². The van der Waals surface area contributed by atoms with Crippen LogP contribution >= 0.6 is 12.2 Å². The number of nitrogens with one attached hydrogen (secondary N) is 2. The van der Waals surface area contributed by atoms with Crippen LogP contribution in [0.3, 0.4) is 0 Å². The number of thiocarbonyl (C=S) groups is 1. The van der Waals surface area contributed by atoms with Gasteiger partial charge in [-0.05, 0) is 62.4 Å². The normalized spacial score (nSPS) is 28.1. The lowest BCUT2D eigenvalue weighted by Gasteiger charge is -2.50. The van der Waals surface area contributed by atoms with E-state index in [1.165, 1.54) is 5.56 Å². The SMILES string of the molecule is Cc1ccc2cnc(NC(=S)NCC3(O)CN4CCC3CC4)cc2c1. The van der Waals surface area contributed by atoms with Gasteiger partial charge in [0.15, 0.2) is 5.11 Å². The van der Waals surface area contributed by atoms with Gasteiger partial charge in [0.05, 0.1) is 5.60 Å². The molecule has 5 nitrogen and oxygen atoms in total. The highest BCUT2D eigenvalue weighted by molar-refractivity contribution is 7.80. The molecule has 3 fully saturated rings. The number of aromatic nitrogens is 1. The van der Waals surface area contributed by atoms with E-state index in [4.69, 9.17) is 12.2 Å². The molecule has 3 aliphatic rings. The van der Waals surface area contributed by atoms with Gasteiger partial charge in [0, 0.05) is 24.7 Å². The molecule has 1 atom stereocenters. The van der Waals surface area contributed by atoms with Crippen LogP contribution in [0.25, 0.3) is 10.8 Å². The third kappa shape index (κ3) is 3.47. The molecule has 1 aromatic heterocycles. The largest absolute Gasteiger partial charge is 0.386 e. The number of nitrogens with zero attached hydrogens (tertiary/aromatic N) is 2. The van der Waals surface area contributed by atoms with E-state index in [0.717, 1.165) is 49.1 Å². The molecule has 0 aliphatic carbocycles. The Morgan fingerprint density at radius 3 is 2.84 bits per heavy atom. The number of aryl methyl sites for hydroxylation is 1. The van der Waals surface area contributed by atoms with E-state index in [1.807, 2.05) is 12.3 Å². The second-order valence-corrected chi connectivity index (χ2v) is 7.79. The second kappa shape index (κ2) is 6.52. The van der Waals surface area contributed by atoms with Gasteiger partial charge in [-0.25, -0.2) is 4.98 Å². The molecule has 1 aromatic carbocycles. The molecule has 4 heterocycles. The number of rotatable bonds is 3. The van der Waals surface area contributed by atoms with Gasteiger partial charge < -0.3 is 20.6 Å². The van der Waals surface area contributed by atoms with Gasteiger partial charge in [-0.2, -0.15) is 0 Å². The lowest BCUT2D eigenvalue weighted by Crippen LogP contribution is -2.63. The van der Waals surface area contributed by atoms with E-state index in [2.05, 4.69) is 45.6 Å². The van der Waals surface area contributed by atoms with Crippen molar-refractivity contribution in [2.24, 2.45) is 5.92 Å². The molecule has 0 spiro atoms. The number of hydrogen-bond donors (Lipinski definition) is 3. The second-order valence-electron chi connectivity index (χ2n) is 7.38. The fourth-order valence-corrected chi connectivity index (χ4v) is 4.24. The molecule has 3 N–H and O–H groups in total. The van der Waals surface area contributed by atoms with Crippen molar-refractivity contribution < 1.29 is 5.11 Å². The van der Waals surface area contributed by atoms with E-state index < -0.39 is 5.60 Å². The van der Waals surface area contributed by atoms with Crippen molar-refractivity contribution in [3.63, 3.8) is 0 Å². The lowest BCUT2D eigenvalue weighted by atomic mass is 9.75. The molecule has 2 bridgehead atoms. The minimum atomic E-state index is -0.684. The summed E-state index contributed by atoms with van der Waals surface area (Å²) in [5.74, 6) is 1.09. The standard InChI is InChI=1S/C19H24N4OS/c1-13-2-3-14-10-20-17(9-15(14)8-13)22-18(25)21-11-19(24)12-23-6-4-16(19)5-7-23/h2-3,8-10,16,24H,4-7,11-12H2,1H3,(H2,20,21,22,25). The van der Waals surface area contributed by atoms with E-state index in [9.17, 15) is 5.11 Å². The monoisotopic (exact) mass is 356 g/mol. The maximum atomic E-state index is 10.9. The Bertz CT molecular complexity index is 803. The van der Waals surface area contributed by atoms with Crippen LogP contribution in [0.4, 0.5) is 5.82 Å². The quantitative estimate of drug-likeness (QED) is 0.734. The number of aliphatic hydroxyl groups is 1. The molecule has 25 heavy (non-hydrogen) atoms. The van der Waals surface area contributed by atoms with Gasteiger partial charge in [0.2, 0.25) is 0 Å². The summed E-state index contributed by atoms with van der Waals surface area (Å²) in [7, 11) is 0. The van der Waals surface area contributed by atoms with Crippen LogP contribution in [0.2, 0.25) is 0 Å². The van der Waals surface area contributed by atoms with Crippen LogP contribution in [0, 0.1) is 12.8 Å². The maximum Gasteiger partial charge on any atom is 0.172 e. The summed E-state index contributed by atoms with van der Waals surface area (Å²) in [5, 5.41) is 20.0. The molecule has 0 saturated carbocycles. The van der Waals surface area contributed by atoms with E-state index >= 15 is 0 Å². The van der Waals surface area contributed by atoms with Crippen molar-refractivity contribution in [1.29, 1.82) is 0 Å². The minimum absolute atomic E-state index is 0.370. The third-order valence-corrected chi connectivity index (χ3v) is 5.77. The van der Waals surface area contributed by atoms with Crippen molar-refractivity contribution in [2.75, 3.05) is 31.5 Å². The summed E-state index contributed by atoms with van der Waals surface area (Å²) in [5.41, 5.74) is 0.533.